The fraction of sp³-hybridized carbons (Fsp3) is 0.667. The van der Waals surface area contributed by atoms with Crippen LogP contribution in [-0.4, -0.2) is 67.2 Å². The smallest absolute Gasteiger partial charge is 0.308 e. The molecule has 0 radical (unpaired) electrons. The van der Waals surface area contributed by atoms with E-state index in [2.05, 4.69) is 15.3 Å². The number of nitrogens with one attached hydrogen (secondary N) is 1. The van der Waals surface area contributed by atoms with E-state index in [4.69, 9.17) is 29.2 Å². The molecule has 0 aromatic rings. The lowest BCUT2D eigenvalue weighted by Gasteiger charge is -2.44. The number of esters is 4. The number of azide groups is 1. The zero-order valence-electron chi connectivity index (χ0n) is 16.0. The van der Waals surface area contributed by atoms with Gasteiger partial charge in [-0.05, 0) is 5.53 Å². The summed E-state index contributed by atoms with van der Waals surface area (Å²) in [6, 6.07) is -2.62. The van der Waals surface area contributed by atoms with Gasteiger partial charge in [-0.3, -0.25) is 24.0 Å². The molecule has 14 heteroatoms. The second kappa shape index (κ2) is 10.8. The van der Waals surface area contributed by atoms with Crippen molar-refractivity contribution < 1.29 is 47.7 Å². The highest BCUT2D eigenvalue weighted by Crippen LogP contribution is 2.28. The zero-order chi connectivity index (χ0) is 22.1. The quantitative estimate of drug-likeness (QED) is 0.204. The summed E-state index contributed by atoms with van der Waals surface area (Å²) in [6.07, 6.45) is -5.57. The molecule has 0 saturated carbocycles. The predicted octanol–water partition coefficient (Wildman–Crippen LogP) is 0.0894. The second-order valence-electron chi connectivity index (χ2n) is 5.77. The molecule has 0 unspecified atom stereocenters. The van der Waals surface area contributed by atoms with E-state index in [1.165, 1.54) is 0 Å². The van der Waals surface area contributed by atoms with Gasteiger partial charge in [0.15, 0.2) is 12.2 Å². The molecule has 1 fully saturated rings. The third-order valence-corrected chi connectivity index (χ3v) is 3.41. The number of nitrogens with zero attached hydrogens (tertiary/aromatic N) is 3. The van der Waals surface area contributed by atoms with Crippen molar-refractivity contribution in [2.75, 3.05) is 6.61 Å². The Morgan fingerprint density at radius 1 is 0.931 bits per heavy atom. The molecule has 1 saturated heterocycles. The van der Waals surface area contributed by atoms with Gasteiger partial charge in [0.1, 0.15) is 18.8 Å². The normalized spacial score (nSPS) is 25.6. The molecule has 1 aliphatic rings. The number of ether oxygens (including phenoxy) is 5. The van der Waals surface area contributed by atoms with Crippen LogP contribution in [0.25, 0.3) is 10.4 Å². The van der Waals surface area contributed by atoms with Crippen molar-refractivity contribution in [1.29, 1.82) is 0 Å². The van der Waals surface area contributed by atoms with Crippen molar-refractivity contribution in [2.45, 2.75) is 58.3 Å². The number of carbonyl (C=O) groups is 5. The molecule has 1 aliphatic heterocycles. The van der Waals surface area contributed by atoms with Crippen LogP contribution in [0.1, 0.15) is 27.7 Å². The van der Waals surface area contributed by atoms with Crippen LogP contribution in [0.2, 0.25) is 0 Å². The van der Waals surface area contributed by atoms with E-state index >= 15 is 0 Å². The minimum Gasteiger partial charge on any atom is -0.463 e. The van der Waals surface area contributed by atoms with Crippen LogP contribution >= 0.6 is 0 Å². The summed E-state index contributed by atoms with van der Waals surface area (Å²) >= 11 is 0. The lowest BCUT2D eigenvalue weighted by atomic mass is 9.96. The fourth-order valence-electron chi connectivity index (χ4n) is 2.53. The molecule has 0 bridgehead atoms. The second-order valence-corrected chi connectivity index (χ2v) is 5.77. The molecular weight excluding hydrogens is 396 g/mol. The van der Waals surface area contributed by atoms with Crippen molar-refractivity contribution in [3.63, 3.8) is 0 Å². The first-order valence-electron chi connectivity index (χ1n) is 8.21. The van der Waals surface area contributed by atoms with Crippen LogP contribution in [-0.2, 0) is 42.9 Å². The Labute approximate surface area is 164 Å². The molecule has 1 rings (SSSR count). The number of urea groups is 1. The number of hydrogen-bond acceptors (Lipinski definition) is 10. The van der Waals surface area contributed by atoms with Gasteiger partial charge in [-0.15, -0.1) is 0 Å². The maximum atomic E-state index is 11.8. The lowest BCUT2D eigenvalue weighted by molar-refractivity contribution is -0.270. The molecule has 0 aromatic carbocycles. The van der Waals surface area contributed by atoms with Crippen LogP contribution < -0.4 is 5.32 Å². The van der Waals surface area contributed by atoms with Gasteiger partial charge < -0.3 is 29.0 Å². The molecule has 0 aromatic heterocycles. The first kappa shape index (κ1) is 23.7. The van der Waals surface area contributed by atoms with Gasteiger partial charge in [-0.1, -0.05) is 0 Å². The van der Waals surface area contributed by atoms with Gasteiger partial charge in [0.05, 0.1) is 0 Å². The summed E-state index contributed by atoms with van der Waals surface area (Å²) in [7, 11) is 0. The maximum absolute atomic E-state index is 11.8. The molecule has 5 atom stereocenters. The molecule has 0 aliphatic carbocycles. The van der Waals surface area contributed by atoms with Crippen LogP contribution in [0.5, 0.6) is 0 Å². The standard InChI is InChI=1S/C15H20N4O10/c1-6(20)25-5-10-12(26-7(2)21)13(27-8(3)22)11(17-15(24)18-19-16)14(29-10)28-9(4)23/h10-14H,5H2,1-4H3,(H,17,24)/t10-,11-,12-,13-,14+/m1/s1. The average molecular weight is 416 g/mol. The van der Waals surface area contributed by atoms with Crippen molar-refractivity contribution in [2.24, 2.45) is 5.11 Å². The number of hydrogen-bond donors (Lipinski definition) is 1. The minimum atomic E-state index is -1.55. The van der Waals surface area contributed by atoms with Gasteiger partial charge >= 0.3 is 29.9 Å². The average Bonchev–Trinajstić information content (AvgIpc) is 2.57. The highest BCUT2D eigenvalue weighted by molar-refractivity contribution is 5.75. The van der Waals surface area contributed by atoms with Crippen LogP contribution in [0.3, 0.4) is 0 Å². The van der Waals surface area contributed by atoms with Gasteiger partial charge in [0, 0.05) is 37.7 Å². The third kappa shape index (κ3) is 7.63. The fourth-order valence-corrected chi connectivity index (χ4v) is 2.53. The van der Waals surface area contributed by atoms with Gasteiger partial charge in [-0.25, -0.2) is 0 Å². The molecule has 160 valence electrons. The van der Waals surface area contributed by atoms with E-state index in [1.807, 2.05) is 0 Å². The first-order chi connectivity index (χ1) is 13.5. The molecule has 29 heavy (non-hydrogen) atoms. The Balaban J connectivity index is 3.36. The Bertz CT molecular complexity index is 720. The van der Waals surface area contributed by atoms with Gasteiger partial charge in [0.2, 0.25) is 6.29 Å². The van der Waals surface area contributed by atoms with E-state index in [0.717, 1.165) is 27.7 Å². The van der Waals surface area contributed by atoms with E-state index in [9.17, 15) is 24.0 Å². The van der Waals surface area contributed by atoms with Gasteiger partial charge in [-0.2, -0.15) is 0 Å². The van der Waals surface area contributed by atoms with E-state index in [-0.39, 0.29) is 0 Å². The molecule has 0 spiro atoms. The Kier molecular flexibility index (Phi) is 8.83. The predicted molar refractivity (Wildman–Crippen MR) is 89.6 cm³/mol. The summed E-state index contributed by atoms with van der Waals surface area (Å²) in [5.41, 5.74) is 8.40. The van der Waals surface area contributed by atoms with Crippen molar-refractivity contribution in [1.82, 2.24) is 5.32 Å². The molecular formula is C15H20N4O10. The first-order valence-corrected chi connectivity index (χ1v) is 8.21. The molecule has 1 N–H and O–H groups in total. The third-order valence-electron chi connectivity index (χ3n) is 3.41. The lowest BCUT2D eigenvalue weighted by Crippen LogP contribution is -2.66. The van der Waals surface area contributed by atoms with E-state index < -0.39 is 67.2 Å². The molecule has 14 nitrogen and oxygen atoms in total. The zero-order valence-corrected chi connectivity index (χ0v) is 16.0. The number of rotatable bonds is 6. The maximum Gasteiger partial charge on any atom is 0.308 e. The molecule has 2 amide bonds. The van der Waals surface area contributed by atoms with E-state index in [0.29, 0.717) is 0 Å². The minimum absolute atomic E-state index is 0.445. The van der Waals surface area contributed by atoms with Crippen LogP contribution in [0, 0.1) is 0 Å². The largest absolute Gasteiger partial charge is 0.463 e. The summed E-state index contributed by atoms with van der Waals surface area (Å²) in [6.45, 7) is 3.85. The van der Waals surface area contributed by atoms with Gasteiger partial charge in [0.25, 0.3) is 0 Å². The SMILES string of the molecule is CC(=O)OC[C@H]1O[C@H](OC(C)=O)[C@H](NC(=O)N=[N+]=[N-])[C@@H](OC(C)=O)[C@@H]1OC(C)=O. The Morgan fingerprint density at radius 3 is 1.97 bits per heavy atom. The molecule has 1 heterocycles. The Hall–Kier alpha value is -3.38. The van der Waals surface area contributed by atoms with Crippen LogP contribution in [0.15, 0.2) is 5.11 Å². The van der Waals surface area contributed by atoms with Crippen molar-refractivity contribution in [3.05, 3.63) is 10.4 Å². The highest BCUT2D eigenvalue weighted by atomic mass is 16.7. The number of amides is 2. The number of carbonyl (C=O) groups excluding carboxylic acids is 5. The van der Waals surface area contributed by atoms with E-state index in [1.54, 1.807) is 0 Å². The monoisotopic (exact) mass is 416 g/mol. The summed E-state index contributed by atoms with van der Waals surface area (Å²) in [5.74, 6) is -3.13. The van der Waals surface area contributed by atoms with Crippen LogP contribution in [0.4, 0.5) is 4.79 Å². The highest BCUT2D eigenvalue weighted by Gasteiger charge is 2.52. The van der Waals surface area contributed by atoms with Crippen molar-refractivity contribution in [3.8, 4) is 0 Å². The summed E-state index contributed by atoms with van der Waals surface area (Å²) < 4.78 is 25.7. The summed E-state index contributed by atoms with van der Waals surface area (Å²) in [5, 5.41) is 5.01. The Morgan fingerprint density at radius 2 is 1.48 bits per heavy atom. The van der Waals surface area contributed by atoms with Crippen molar-refractivity contribution >= 4 is 29.9 Å². The summed E-state index contributed by atoms with van der Waals surface area (Å²) in [4.78, 5) is 59.8. The topological polar surface area (TPSA) is 192 Å².